The summed E-state index contributed by atoms with van der Waals surface area (Å²) in [6, 6.07) is 15.4. The van der Waals surface area contributed by atoms with Crippen molar-refractivity contribution < 1.29 is 4.79 Å². The van der Waals surface area contributed by atoms with Crippen molar-refractivity contribution in [1.82, 2.24) is 9.88 Å². The standard InChI is InChI=1S/C16H16N4O/c1-20(2)15(12(10-17)16(18)21)14-9-8-13(19-14)11-6-4-3-5-7-11/h3-9,19H,1-2H3,(H2,18,21)/b15-12-. The molecule has 0 saturated carbocycles. The third-order valence-corrected chi connectivity index (χ3v) is 3.07. The lowest BCUT2D eigenvalue weighted by Gasteiger charge is -2.17. The van der Waals surface area contributed by atoms with Crippen molar-refractivity contribution in [3.05, 3.63) is 53.7 Å². The zero-order valence-electron chi connectivity index (χ0n) is 11.9. The highest BCUT2D eigenvalue weighted by atomic mass is 16.1. The average molecular weight is 280 g/mol. The molecule has 0 bridgehead atoms. The first-order chi connectivity index (χ1) is 10.0. The number of carbonyl (C=O) groups is 1. The van der Waals surface area contributed by atoms with Gasteiger partial charge in [-0.2, -0.15) is 5.26 Å². The van der Waals surface area contributed by atoms with Gasteiger partial charge in [-0.25, -0.2) is 0 Å². The van der Waals surface area contributed by atoms with Gasteiger partial charge < -0.3 is 15.6 Å². The van der Waals surface area contributed by atoms with Gasteiger partial charge in [0.05, 0.1) is 11.4 Å². The molecule has 0 aliphatic rings. The molecule has 0 unspecified atom stereocenters. The van der Waals surface area contributed by atoms with Crippen LogP contribution in [-0.2, 0) is 4.79 Å². The molecule has 21 heavy (non-hydrogen) atoms. The van der Waals surface area contributed by atoms with Crippen LogP contribution in [0.5, 0.6) is 0 Å². The molecular formula is C16H16N4O. The van der Waals surface area contributed by atoms with E-state index in [2.05, 4.69) is 4.98 Å². The van der Waals surface area contributed by atoms with Crippen LogP contribution in [0.3, 0.4) is 0 Å². The Labute approximate surface area is 123 Å². The topological polar surface area (TPSA) is 85.9 Å². The van der Waals surface area contributed by atoms with Crippen molar-refractivity contribution in [3.63, 3.8) is 0 Å². The van der Waals surface area contributed by atoms with E-state index in [0.29, 0.717) is 11.4 Å². The number of carbonyl (C=O) groups excluding carboxylic acids is 1. The van der Waals surface area contributed by atoms with Crippen LogP contribution >= 0.6 is 0 Å². The zero-order chi connectivity index (χ0) is 15.4. The van der Waals surface area contributed by atoms with Crippen molar-refractivity contribution in [2.45, 2.75) is 0 Å². The molecule has 0 aliphatic heterocycles. The molecule has 0 atom stereocenters. The van der Waals surface area contributed by atoms with E-state index in [1.807, 2.05) is 48.5 Å². The Morgan fingerprint density at radius 3 is 2.38 bits per heavy atom. The largest absolute Gasteiger partial charge is 0.375 e. The van der Waals surface area contributed by atoms with Gasteiger partial charge in [0.2, 0.25) is 0 Å². The first-order valence-corrected chi connectivity index (χ1v) is 6.41. The molecule has 1 aromatic carbocycles. The molecule has 0 spiro atoms. The molecular weight excluding hydrogens is 264 g/mol. The van der Waals surface area contributed by atoms with Crippen molar-refractivity contribution in [2.24, 2.45) is 5.73 Å². The molecule has 106 valence electrons. The monoisotopic (exact) mass is 280 g/mol. The molecule has 5 nitrogen and oxygen atoms in total. The Hall–Kier alpha value is -3.00. The highest BCUT2D eigenvalue weighted by molar-refractivity contribution is 6.03. The zero-order valence-corrected chi connectivity index (χ0v) is 11.9. The summed E-state index contributed by atoms with van der Waals surface area (Å²) in [6.07, 6.45) is 0. The van der Waals surface area contributed by atoms with E-state index < -0.39 is 5.91 Å². The van der Waals surface area contributed by atoms with E-state index in [4.69, 9.17) is 11.0 Å². The van der Waals surface area contributed by atoms with Gasteiger partial charge in [-0.05, 0) is 17.7 Å². The van der Waals surface area contributed by atoms with Crippen molar-refractivity contribution in [2.75, 3.05) is 14.1 Å². The molecule has 2 rings (SSSR count). The summed E-state index contributed by atoms with van der Waals surface area (Å²) < 4.78 is 0. The fourth-order valence-corrected chi connectivity index (χ4v) is 2.14. The summed E-state index contributed by atoms with van der Waals surface area (Å²) in [5, 5.41) is 9.15. The number of hydrogen-bond donors (Lipinski definition) is 2. The summed E-state index contributed by atoms with van der Waals surface area (Å²) >= 11 is 0. The maximum atomic E-state index is 11.4. The molecule has 1 aromatic heterocycles. The number of rotatable bonds is 4. The summed E-state index contributed by atoms with van der Waals surface area (Å²) in [6.45, 7) is 0. The number of hydrogen-bond acceptors (Lipinski definition) is 3. The number of primary amides is 1. The quantitative estimate of drug-likeness (QED) is 0.663. The van der Waals surface area contributed by atoms with Gasteiger partial charge in [0.15, 0.2) is 0 Å². The van der Waals surface area contributed by atoms with E-state index in [1.165, 1.54) is 0 Å². The first kappa shape index (κ1) is 14.4. The van der Waals surface area contributed by atoms with E-state index in [9.17, 15) is 4.79 Å². The molecule has 3 N–H and O–H groups in total. The molecule has 1 heterocycles. The average Bonchev–Trinajstić information content (AvgIpc) is 2.93. The summed E-state index contributed by atoms with van der Waals surface area (Å²) in [4.78, 5) is 16.3. The lowest BCUT2D eigenvalue weighted by Crippen LogP contribution is -2.20. The van der Waals surface area contributed by atoms with E-state index in [-0.39, 0.29) is 5.57 Å². The summed E-state index contributed by atoms with van der Waals surface area (Å²) in [7, 11) is 3.53. The van der Waals surface area contributed by atoms with Crippen LogP contribution in [0, 0.1) is 11.3 Å². The Morgan fingerprint density at radius 2 is 1.86 bits per heavy atom. The van der Waals surface area contributed by atoms with Crippen molar-refractivity contribution in [1.29, 1.82) is 5.26 Å². The minimum absolute atomic E-state index is 0.0681. The second-order valence-corrected chi connectivity index (χ2v) is 4.75. The highest BCUT2D eigenvalue weighted by Gasteiger charge is 2.17. The van der Waals surface area contributed by atoms with Gasteiger partial charge >= 0.3 is 0 Å². The Morgan fingerprint density at radius 1 is 1.19 bits per heavy atom. The summed E-state index contributed by atoms with van der Waals surface area (Å²) in [5.74, 6) is -0.739. The molecule has 0 saturated heterocycles. The van der Waals surface area contributed by atoms with Gasteiger partial charge in [0.1, 0.15) is 11.6 Å². The highest BCUT2D eigenvalue weighted by Crippen LogP contribution is 2.24. The number of aromatic amines is 1. The van der Waals surface area contributed by atoms with Crippen LogP contribution in [0.25, 0.3) is 17.0 Å². The second-order valence-electron chi connectivity index (χ2n) is 4.75. The predicted molar refractivity (Wildman–Crippen MR) is 81.6 cm³/mol. The van der Waals surface area contributed by atoms with Crippen molar-refractivity contribution >= 4 is 11.6 Å². The number of amides is 1. The molecule has 0 radical (unpaired) electrons. The molecule has 5 heteroatoms. The number of nitriles is 1. The lowest BCUT2D eigenvalue weighted by atomic mass is 10.1. The van der Waals surface area contributed by atoms with Crippen LogP contribution in [0.1, 0.15) is 5.69 Å². The fraction of sp³-hybridized carbons (Fsp3) is 0.125. The molecule has 0 aliphatic carbocycles. The summed E-state index contributed by atoms with van der Waals surface area (Å²) in [5.41, 5.74) is 8.30. The Bertz CT molecular complexity index is 720. The number of H-pyrrole nitrogens is 1. The maximum absolute atomic E-state index is 11.4. The SMILES string of the molecule is CN(C)/C(=C(/C#N)C(N)=O)c1ccc(-c2ccccc2)[nH]1. The first-order valence-electron chi connectivity index (χ1n) is 6.41. The van der Waals surface area contributed by atoms with Crippen LogP contribution < -0.4 is 5.73 Å². The lowest BCUT2D eigenvalue weighted by molar-refractivity contribution is -0.114. The molecule has 0 fully saturated rings. The van der Waals surface area contributed by atoms with E-state index in [0.717, 1.165) is 11.3 Å². The number of nitrogens with two attached hydrogens (primary N) is 1. The minimum atomic E-state index is -0.739. The van der Waals surface area contributed by atoms with Gasteiger partial charge in [0.25, 0.3) is 5.91 Å². The normalized spacial score (nSPS) is 11.5. The van der Waals surface area contributed by atoms with Crippen LogP contribution in [-0.4, -0.2) is 29.9 Å². The van der Waals surface area contributed by atoms with Crippen molar-refractivity contribution in [3.8, 4) is 17.3 Å². The minimum Gasteiger partial charge on any atom is -0.375 e. The number of benzene rings is 1. The maximum Gasteiger partial charge on any atom is 0.261 e. The van der Waals surface area contributed by atoms with Gasteiger partial charge in [-0.3, -0.25) is 4.79 Å². The molecule has 1 amide bonds. The Balaban J connectivity index is 2.53. The molecule has 2 aromatic rings. The number of aromatic nitrogens is 1. The smallest absolute Gasteiger partial charge is 0.261 e. The van der Waals surface area contributed by atoms with Crippen LogP contribution in [0.2, 0.25) is 0 Å². The van der Waals surface area contributed by atoms with E-state index >= 15 is 0 Å². The third kappa shape index (κ3) is 2.95. The predicted octanol–water partition coefficient (Wildman–Crippen LogP) is 1.96. The van der Waals surface area contributed by atoms with Crippen LogP contribution in [0.4, 0.5) is 0 Å². The number of nitrogens with one attached hydrogen (secondary N) is 1. The second kappa shape index (κ2) is 5.97. The van der Waals surface area contributed by atoms with Gasteiger partial charge in [-0.1, -0.05) is 30.3 Å². The van der Waals surface area contributed by atoms with E-state index in [1.54, 1.807) is 19.0 Å². The van der Waals surface area contributed by atoms with Gasteiger partial charge in [-0.15, -0.1) is 0 Å². The van der Waals surface area contributed by atoms with Crippen LogP contribution in [0.15, 0.2) is 48.0 Å². The fourth-order valence-electron chi connectivity index (χ4n) is 2.14. The third-order valence-electron chi connectivity index (χ3n) is 3.07. The van der Waals surface area contributed by atoms with Gasteiger partial charge in [0, 0.05) is 19.8 Å². The Kier molecular flexibility index (Phi) is 4.10. The number of nitrogens with zero attached hydrogens (tertiary/aromatic N) is 2.